The molecule has 2 heterocycles. The summed E-state index contributed by atoms with van der Waals surface area (Å²) in [7, 11) is -1.40. The van der Waals surface area contributed by atoms with Gasteiger partial charge in [-0.3, -0.25) is 9.48 Å². The normalized spacial score (nSPS) is 21.5. The van der Waals surface area contributed by atoms with Crippen molar-refractivity contribution >= 4 is 21.4 Å². The number of sulfone groups is 1. The maximum absolute atomic E-state index is 12.4. The van der Waals surface area contributed by atoms with Gasteiger partial charge in [-0.25, -0.2) is 8.42 Å². The zero-order valence-electron chi connectivity index (χ0n) is 11.0. The number of hydrogen-bond acceptors (Lipinski definition) is 5. The van der Waals surface area contributed by atoms with Crippen molar-refractivity contribution in [3.63, 3.8) is 0 Å². The summed E-state index contributed by atoms with van der Waals surface area (Å²) in [6, 6.07) is -0.280. The van der Waals surface area contributed by atoms with Crippen molar-refractivity contribution in [1.82, 2.24) is 14.7 Å². The highest BCUT2D eigenvalue weighted by Gasteiger charge is 2.34. The monoisotopic (exact) mass is 286 g/mol. The number of aromatic nitrogens is 2. The van der Waals surface area contributed by atoms with Gasteiger partial charge in [-0.2, -0.15) is 5.10 Å². The van der Waals surface area contributed by atoms with Crippen LogP contribution in [0.15, 0.2) is 6.20 Å². The van der Waals surface area contributed by atoms with Crippen molar-refractivity contribution in [3.05, 3.63) is 11.9 Å². The molecule has 1 aromatic heterocycles. The van der Waals surface area contributed by atoms with Crippen LogP contribution in [0.25, 0.3) is 0 Å². The second kappa shape index (κ2) is 4.84. The Labute approximate surface area is 112 Å². The number of nitrogens with two attached hydrogens (primary N) is 1. The summed E-state index contributed by atoms with van der Waals surface area (Å²) in [6.07, 6.45) is 1.92. The van der Waals surface area contributed by atoms with E-state index in [1.54, 1.807) is 7.05 Å². The zero-order valence-corrected chi connectivity index (χ0v) is 11.9. The fourth-order valence-electron chi connectivity index (χ4n) is 2.29. The fraction of sp³-hybridized carbons (Fsp3) is 0.636. The number of aryl methyl sites for hydroxylation is 1. The van der Waals surface area contributed by atoms with Gasteiger partial charge in [-0.1, -0.05) is 0 Å². The van der Waals surface area contributed by atoms with Gasteiger partial charge in [-0.05, 0) is 13.3 Å². The molecule has 106 valence electrons. The molecular formula is C11H18N4O3S. The average Bonchev–Trinajstić information content (AvgIpc) is 2.90. The van der Waals surface area contributed by atoms with Crippen LogP contribution in [-0.4, -0.2) is 53.6 Å². The van der Waals surface area contributed by atoms with E-state index >= 15 is 0 Å². The third-order valence-corrected chi connectivity index (χ3v) is 5.20. The molecule has 1 aromatic rings. The third kappa shape index (κ3) is 2.58. The Morgan fingerprint density at radius 3 is 2.84 bits per heavy atom. The first-order valence-corrected chi connectivity index (χ1v) is 7.96. The summed E-state index contributed by atoms with van der Waals surface area (Å²) in [5, 5.41) is 4.02. The van der Waals surface area contributed by atoms with Gasteiger partial charge in [0.2, 0.25) is 0 Å². The number of nitrogen functional groups attached to an aromatic ring is 1. The molecule has 2 rings (SSSR count). The molecule has 1 aliphatic rings. The van der Waals surface area contributed by atoms with E-state index in [1.807, 2.05) is 6.92 Å². The van der Waals surface area contributed by atoms with Gasteiger partial charge >= 0.3 is 0 Å². The summed E-state index contributed by atoms with van der Waals surface area (Å²) in [4.78, 5) is 13.9. The number of carbonyl (C=O) groups excluding carboxylic acids is 1. The number of nitrogens with zero attached hydrogens (tertiary/aromatic N) is 3. The predicted molar refractivity (Wildman–Crippen MR) is 71.5 cm³/mol. The van der Waals surface area contributed by atoms with E-state index in [1.165, 1.54) is 15.8 Å². The molecule has 0 radical (unpaired) electrons. The van der Waals surface area contributed by atoms with E-state index in [4.69, 9.17) is 5.73 Å². The Hall–Kier alpha value is -1.57. The lowest BCUT2D eigenvalue weighted by Crippen LogP contribution is -2.39. The van der Waals surface area contributed by atoms with Crippen LogP contribution < -0.4 is 5.73 Å². The number of amides is 1. The highest BCUT2D eigenvalue weighted by molar-refractivity contribution is 7.91. The quantitative estimate of drug-likeness (QED) is 0.825. The van der Waals surface area contributed by atoms with Crippen molar-refractivity contribution in [2.24, 2.45) is 0 Å². The smallest absolute Gasteiger partial charge is 0.274 e. The van der Waals surface area contributed by atoms with Crippen LogP contribution >= 0.6 is 0 Å². The summed E-state index contributed by atoms with van der Waals surface area (Å²) < 4.78 is 24.5. The molecular weight excluding hydrogens is 268 g/mol. The SMILES string of the molecule is CCn1ncc(N)c1C(=O)N(C)C1CCS(=O)(=O)C1. The van der Waals surface area contributed by atoms with Crippen LogP contribution in [0.4, 0.5) is 5.69 Å². The van der Waals surface area contributed by atoms with Crippen molar-refractivity contribution < 1.29 is 13.2 Å². The number of carbonyl (C=O) groups is 1. The molecule has 0 spiro atoms. The molecule has 1 aliphatic heterocycles. The Balaban J connectivity index is 2.22. The van der Waals surface area contributed by atoms with E-state index in [2.05, 4.69) is 5.10 Å². The number of anilines is 1. The Kier molecular flexibility index (Phi) is 3.53. The predicted octanol–water partition coefficient (Wildman–Crippen LogP) is -0.256. The van der Waals surface area contributed by atoms with E-state index in [-0.39, 0.29) is 23.5 Å². The Morgan fingerprint density at radius 1 is 1.63 bits per heavy atom. The molecule has 0 aromatic carbocycles. The molecule has 7 nitrogen and oxygen atoms in total. The highest BCUT2D eigenvalue weighted by atomic mass is 32.2. The van der Waals surface area contributed by atoms with Gasteiger partial charge in [-0.15, -0.1) is 0 Å². The molecule has 1 unspecified atom stereocenters. The zero-order chi connectivity index (χ0) is 14.2. The van der Waals surface area contributed by atoms with Crippen LogP contribution in [0.3, 0.4) is 0 Å². The maximum Gasteiger partial charge on any atom is 0.274 e. The first-order valence-electron chi connectivity index (χ1n) is 6.14. The standard InChI is InChI=1S/C11H18N4O3S/c1-3-15-10(9(12)6-13-15)11(16)14(2)8-4-5-19(17,18)7-8/h6,8H,3-5,7,12H2,1-2H3. The fourth-order valence-corrected chi connectivity index (χ4v) is 4.06. The van der Waals surface area contributed by atoms with E-state index in [0.717, 1.165) is 0 Å². The Bertz CT molecular complexity index is 593. The van der Waals surface area contributed by atoms with E-state index in [0.29, 0.717) is 24.3 Å². The minimum absolute atomic E-state index is 0.0232. The van der Waals surface area contributed by atoms with Crippen molar-refractivity contribution in [3.8, 4) is 0 Å². The maximum atomic E-state index is 12.4. The van der Waals surface area contributed by atoms with Crippen molar-refractivity contribution in [2.45, 2.75) is 25.9 Å². The lowest BCUT2D eigenvalue weighted by atomic mass is 10.2. The summed E-state index contributed by atoms with van der Waals surface area (Å²) in [5.74, 6) is -0.119. The lowest BCUT2D eigenvalue weighted by Gasteiger charge is -2.23. The number of hydrogen-bond donors (Lipinski definition) is 1. The van der Waals surface area contributed by atoms with Crippen LogP contribution in [0, 0.1) is 0 Å². The van der Waals surface area contributed by atoms with E-state index < -0.39 is 9.84 Å². The van der Waals surface area contributed by atoms with Gasteiger partial charge in [0, 0.05) is 19.6 Å². The molecule has 1 amide bonds. The first kappa shape index (κ1) is 13.9. The molecule has 1 atom stereocenters. The molecule has 19 heavy (non-hydrogen) atoms. The first-order chi connectivity index (χ1) is 8.85. The van der Waals surface area contributed by atoms with Crippen LogP contribution in [0.1, 0.15) is 23.8 Å². The Morgan fingerprint density at radius 2 is 2.32 bits per heavy atom. The van der Waals surface area contributed by atoms with Crippen molar-refractivity contribution in [2.75, 3.05) is 24.3 Å². The highest BCUT2D eigenvalue weighted by Crippen LogP contribution is 2.20. The van der Waals surface area contributed by atoms with Crippen LogP contribution in [0.5, 0.6) is 0 Å². The lowest BCUT2D eigenvalue weighted by molar-refractivity contribution is 0.0736. The van der Waals surface area contributed by atoms with Gasteiger partial charge in [0.15, 0.2) is 9.84 Å². The van der Waals surface area contributed by atoms with Gasteiger partial charge in [0.05, 0.1) is 23.4 Å². The molecule has 0 bridgehead atoms. The van der Waals surface area contributed by atoms with Gasteiger partial charge in [0.25, 0.3) is 5.91 Å². The molecule has 1 saturated heterocycles. The second-order valence-corrected chi connectivity index (χ2v) is 6.97. The third-order valence-electron chi connectivity index (χ3n) is 3.45. The minimum Gasteiger partial charge on any atom is -0.396 e. The molecule has 8 heteroatoms. The van der Waals surface area contributed by atoms with Gasteiger partial charge < -0.3 is 10.6 Å². The van der Waals surface area contributed by atoms with E-state index in [9.17, 15) is 13.2 Å². The summed E-state index contributed by atoms with van der Waals surface area (Å²) in [5.41, 5.74) is 6.41. The second-order valence-electron chi connectivity index (χ2n) is 4.74. The molecule has 0 saturated carbocycles. The summed E-state index contributed by atoms with van der Waals surface area (Å²) in [6.45, 7) is 2.40. The van der Waals surface area contributed by atoms with Crippen LogP contribution in [0.2, 0.25) is 0 Å². The molecule has 2 N–H and O–H groups in total. The topological polar surface area (TPSA) is 98.3 Å². The largest absolute Gasteiger partial charge is 0.396 e. The molecule has 1 fully saturated rings. The van der Waals surface area contributed by atoms with Crippen LogP contribution in [-0.2, 0) is 16.4 Å². The number of rotatable bonds is 3. The average molecular weight is 286 g/mol. The minimum atomic E-state index is -3.02. The summed E-state index contributed by atoms with van der Waals surface area (Å²) >= 11 is 0. The van der Waals surface area contributed by atoms with Crippen molar-refractivity contribution in [1.29, 1.82) is 0 Å². The molecule has 0 aliphatic carbocycles. The van der Waals surface area contributed by atoms with Gasteiger partial charge in [0.1, 0.15) is 5.69 Å².